The predicted octanol–water partition coefficient (Wildman–Crippen LogP) is 6.67. The topological polar surface area (TPSA) is 74.6 Å². The summed E-state index contributed by atoms with van der Waals surface area (Å²) in [5.41, 5.74) is -1.52. The van der Waals surface area contributed by atoms with Gasteiger partial charge in [0, 0.05) is 31.3 Å². The third-order valence-corrected chi connectivity index (χ3v) is 9.58. The lowest BCUT2D eigenvalue weighted by Gasteiger charge is -2.36. The van der Waals surface area contributed by atoms with E-state index in [2.05, 4.69) is 19.9 Å². The van der Waals surface area contributed by atoms with Crippen molar-refractivity contribution in [1.29, 1.82) is 0 Å². The van der Waals surface area contributed by atoms with Crippen molar-refractivity contribution in [3.63, 3.8) is 0 Å². The van der Waals surface area contributed by atoms with Gasteiger partial charge in [0.1, 0.15) is 47.0 Å². The van der Waals surface area contributed by atoms with Gasteiger partial charge in [0.05, 0.1) is 17.5 Å². The number of halogens is 4. The van der Waals surface area contributed by atoms with Crippen LogP contribution in [0.2, 0.25) is 0 Å². The summed E-state index contributed by atoms with van der Waals surface area (Å²) in [5, 5.41) is 11.8. The maximum atomic E-state index is 16.7. The highest BCUT2D eigenvalue weighted by Gasteiger charge is 2.49. The molecule has 2 aromatic heterocycles. The van der Waals surface area contributed by atoms with Crippen LogP contribution in [-0.2, 0) is 6.42 Å². The fraction of sp³-hybridized carbons (Fsp3) is 0.485. The smallest absolute Gasteiger partial charge is 0.319 e. The van der Waals surface area contributed by atoms with Crippen LogP contribution >= 0.6 is 0 Å². The molecule has 1 N–H and O–H groups in total. The number of anilines is 1. The first-order valence-electron chi connectivity index (χ1n) is 15.3. The Morgan fingerprint density at radius 3 is 2.73 bits per heavy atom. The van der Waals surface area contributed by atoms with Gasteiger partial charge in [0.2, 0.25) is 0 Å². The molecular weight excluding hydrogens is 574 g/mol. The normalized spacial score (nSPS) is 25.7. The molecule has 0 aliphatic carbocycles. The minimum atomic E-state index is -1.47. The summed E-state index contributed by atoms with van der Waals surface area (Å²) in [6, 6.07) is 5.66. The summed E-state index contributed by atoms with van der Waals surface area (Å²) < 4.78 is 67.4. The van der Waals surface area contributed by atoms with Gasteiger partial charge in [-0.3, -0.25) is 9.88 Å². The van der Waals surface area contributed by atoms with Gasteiger partial charge in [-0.2, -0.15) is 9.97 Å². The van der Waals surface area contributed by atoms with Crippen molar-refractivity contribution in [1.82, 2.24) is 19.9 Å². The van der Waals surface area contributed by atoms with Crippen molar-refractivity contribution >= 4 is 27.5 Å². The van der Waals surface area contributed by atoms with Crippen LogP contribution in [0, 0.1) is 11.6 Å². The van der Waals surface area contributed by atoms with E-state index in [-0.39, 0.29) is 47.1 Å². The lowest BCUT2D eigenvalue weighted by Crippen LogP contribution is -2.44. The maximum absolute atomic E-state index is 16.7. The third-order valence-electron chi connectivity index (χ3n) is 9.58. The Balaban J connectivity index is 1.38. The number of hydrogen-bond acceptors (Lipinski definition) is 7. The summed E-state index contributed by atoms with van der Waals surface area (Å²) in [4.78, 5) is 17.5. The quantitative estimate of drug-likeness (QED) is 0.245. The highest BCUT2D eigenvalue weighted by atomic mass is 19.1. The molecule has 0 unspecified atom stereocenters. The van der Waals surface area contributed by atoms with E-state index in [0.29, 0.717) is 60.9 Å². The summed E-state index contributed by atoms with van der Waals surface area (Å²) in [6.07, 6.45) is 3.89. The number of rotatable bonds is 6. The minimum Gasteiger partial charge on any atom is -0.508 e. The molecule has 3 fully saturated rings. The molecule has 232 valence electrons. The van der Waals surface area contributed by atoms with E-state index in [4.69, 9.17) is 4.74 Å². The van der Waals surface area contributed by atoms with Gasteiger partial charge >= 0.3 is 6.01 Å². The Hall–Kier alpha value is -3.73. The first kappa shape index (κ1) is 29.0. The van der Waals surface area contributed by atoms with Crippen molar-refractivity contribution in [2.24, 2.45) is 0 Å². The summed E-state index contributed by atoms with van der Waals surface area (Å²) in [7, 11) is 0. The second kappa shape index (κ2) is 10.7. The van der Waals surface area contributed by atoms with Gasteiger partial charge in [0.25, 0.3) is 0 Å². The average Bonchev–Trinajstić information content (AvgIpc) is 3.51. The Labute approximate surface area is 252 Å². The molecule has 11 heteroatoms. The molecule has 0 radical (unpaired) electrons. The SMILES string of the molecule is CCc1c(F)ccc2cc(O)cc(-c3ncc4c(N5CCC[C@@](C)(F)C5)nc(OC[C@@]56CCCN5C[C@H](F)C6)nc4c3F)c12. The Bertz CT molecular complexity index is 1770. The molecule has 4 aromatic rings. The lowest BCUT2D eigenvalue weighted by molar-refractivity contribution is 0.107. The molecule has 0 amide bonds. The number of aromatic nitrogens is 3. The number of ether oxygens (including phenoxy) is 1. The summed E-state index contributed by atoms with van der Waals surface area (Å²) in [6.45, 7) is 5.20. The van der Waals surface area contributed by atoms with Crippen LogP contribution in [0.5, 0.6) is 11.8 Å². The van der Waals surface area contributed by atoms with E-state index in [1.807, 2.05) is 0 Å². The largest absolute Gasteiger partial charge is 0.508 e. The standard InChI is InChI=1S/C33H35F4N5O2/c1-3-22-25(35)7-6-19-12-21(43)13-23(26(19)22)28-27(36)29-24(15-38-28)30(41-10-4-8-32(2,37)17-41)40-31(39-29)44-18-33-9-5-11-42(33)16-20(34)14-33/h6-7,12-13,15,20,43H,3-5,8-11,14,16-18H2,1-2H3/t20-,32-,33+/m1/s1. The van der Waals surface area contributed by atoms with Crippen molar-refractivity contribution < 1.29 is 27.4 Å². The average molecular weight is 610 g/mol. The zero-order valence-corrected chi connectivity index (χ0v) is 24.8. The van der Waals surface area contributed by atoms with Crippen LogP contribution in [0.1, 0.15) is 51.5 Å². The van der Waals surface area contributed by atoms with Gasteiger partial charge in [-0.25, -0.2) is 17.6 Å². The highest BCUT2D eigenvalue weighted by molar-refractivity contribution is 6.01. The fourth-order valence-corrected chi connectivity index (χ4v) is 7.57. The zero-order valence-electron chi connectivity index (χ0n) is 24.8. The molecule has 0 saturated carbocycles. The molecule has 7 nitrogen and oxygen atoms in total. The van der Waals surface area contributed by atoms with Crippen LogP contribution in [0.15, 0.2) is 30.5 Å². The molecule has 0 spiro atoms. The van der Waals surface area contributed by atoms with Crippen LogP contribution < -0.4 is 9.64 Å². The maximum Gasteiger partial charge on any atom is 0.319 e. The molecule has 3 atom stereocenters. The number of phenols is 1. The molecule has 3 aliphatic rings. The van der Waals surface area contributed by atoms with E-state index in [1.54, 1.807) is 17.9 Å². The van der Waals surface area contributed by atoms with Crippen molar-refractivity contribution in [3.05, 3.63) is 47.7 Å². The molecule has 44 heavy (non-hydrogen) atoms. The molecule has 3 saturated heterocycles. The summed E-state index contributed by atoms with van der Waals surface area (Å²) in [5.74, 6) is -1.04. The number of nitrogens with zero attached hydrogens (tertiary/aromatic N) is 5. The number of alkyl halides is 2. The minimum absolute atomic E-state index is 0.0551. The number of fused-ring (bicyclic) bond motifs is 3. The zero-order chi connectivity index (χ0) is 30.8. The number of benzene rings is 2. The number of piperidine rings is 1. The Morgan fingerprint density at radius 2 is 1.93 bits per heavy atom. The number of pyridine rings is 1. The fourth-order valence-electron chi connectivity index (χ4n) is 7.57. The van der Waals surface area contributed by atoms with E-state index >= 15 is 8.78 Å². The number of aryl methyl sites for hydroxylation is 1. The Kier molecular flexibility index (Phi) is 7.06. The van der Waals surface area contributed by atoms with Gasteiger partial charge < -0.3 is 14.7 Å². The van der Waals surface area contributed by atoms with Crippen LogP contribution in [-0.4, -0.2) is 75.1 Å². The first-order valence-corrected chi connectivity index (χ1v) is 15.3. The molecular formula is C33H35F4N5O2. The summed E-state index contributed by atoms with van der Waals surface area (Å²) >= 11 is 0. The molecule has 3 aliphatic heterocycles. The molecule has 7 rings (SSSR count). The van der Waals surface area contributed by atoms with Gasteiger partial charge in [0.15, 0.2) is 5.82 Å². The Morgan fingerprint density at radius 1 is 1.11 bits per heavy atom. The third kappa shape index (κ3) is 4.89. The van der Waals surface area contributed by atoms with E-state index < -0.39 is 29.0 Å². The number of hydrogen-bond donors (Lipinski definition) is 1. The van der Waals surface area contributed by atoms with Crippen LogP contribution in [0.3, 0.4) is 0 Å². The number of phenolic OH excluding ortho intramolecular Hbond substituents is 1. The molecule has 0 bridgehead atoms. The lowest BCUT2D eigenvalue weighted by atomic mass is 9.94. The van der Waals surface area contributed by atoms with Gasteiger partial charge in [-0.05, 0) is 80.1 Å². The molecule has 2 aromatic carbocycles. The van der Waals surface area contributed by atoms with Crippen molar-refractivity contribution in [3.8, 4) is 23.0 Å². The number of aromatic hydroxyl groups is 1. The van der Waals surface area contributed by atoms with E-state index in [0.717, 1.165) is 19.4 Å². The first-order chi connectivity index (χ1) is 21.1. The predicted molar refractivity (Wildman–Crippen MR) is 161 cm³/mol. The van der Waals surface area contributed by atoms with Gasteiger partial charge in [-0.1, -0.05) is 13.0 Å². The second-order valence-electron chi connectivity index (χ2n) is 12.8. The van der Waals surface area contributed by atoms with Crippen LogP contribution in [0.25, 0.3) is 32.9 Å². The van der Waals surface area contributed by atoms with E-state index in [1.165, 1.54) is 31.3 Å². The monoisotopic (exact) mass is 609 g/mol. The second-order valence-corrected chi connectivity index (χ2v) is 12.8. The van der Waals surface area contributed by atoms with Crippen molar-refractivity contribution in [2.75, 3.05) is 37.7 Å². The van der Waals surface area contributed by atoms with Crippen LogP contribution in [0.4, 0.5) is 23.4 Å². The highest BCUT2D eigenvalue weighted by Crippen LogP contribution is 2.42. The van der Waals surface area contributed by atoms with Crippen molar-refractivity contribution in [2.45, 2.75) is 69.8 Å². The molecule has 5 heterocycles. The van der Waals surface area contributed by atoms with Gasteiger partial charge in [-0.15, -0.1) is 0 Å². The van der Waals surface area contributed by atoms with E-state index in [9.17, 15) is 13.9 Å².